The van der Waals surface area contributed by atoms with Gasteiger partial charge in [0.05, 0.1) is 5.41 Å². The number of nitrogens with one attached hydrogen (secondary N) is 1. The zero-order valence-electron chi connectivity index (χ0n) is 13.7. The molecule has 0 radical (unpaired) electrons. The molecule has 2 rings (SSSR count). The number of ether oxygens (including phenoxy) is 1. The summed E-state index contributed by atoms with van der Waals surface area (Å²) in [6.07, 6.45) is 7.31. The van der Waals surface area contributed by atoms with Gasteiger partial charge >= 0.3 is 5.97 Å². The lowest BCUT2D eigenvalue weighted by molar-refractivity contribution is -0.146. The third-order valence-corrected chi connectivity index (χ3v) is 4.11. The highest BCUT2D eigenvalue weighted by molar-refractivity contribution is 5.94. The molecule has 0 unspecified atom stereocenters. The van der Waals surface area contributed by atoms with Crippen molar-refractivity contribution in [1.29, 1.82) is 0 Å². The minimum absolute atomic E-state index is 0.0578. The van der Waals surface area contributed by atoms with E-state index >= 15 is 0 Å². The van der Waals surface area contributed by atoms with Gasteiger partial charge in [-0.15, -0.1) is 0 Å². The van der Waals surface area contributed by atoms with Gasteiger partial charge in [-0.05, 0) is 45.6 Å². The molecule has 1 fully saturated rings. The standard InChI is InChI=1S/C17H24N2O4/c1-17(2,16(21)22)11-19-15(20)12-8-9-18-14(10-12)23-13-6-4-3-5-7-13/h8-10,13H,3-7,11H2,1-2H3,(H,19,20)(H,21,22). The summed E-state index contributed by atoms with van der Waals surface area (Å²) < 4.78 is 5.84. The van der Waals surface area contributed by atoms with Crippen LogP contribution in [0, 0.1) is 5.41 Å². The molecule has 0 atom stereocenters. The second kappa shape index (κ2) is 7.44. The summed E-state index contributed by atoms with van der Waals surface area (Å²) in [7, 11) is 0. The van der Waals surface area contributed by atoms with E-state index in [-0.39, 0.29) is 18.6 Å². The quantitative estimate of drug-likeness (QED) is 0.841. The molecule has 1 heterocycles. The number of aliphatic carboxylic acids is 1. The summed E-state index contributed by atoms with van der Waals surface area (Å²) in [6, 6.07) is 3.20. The zero-order valence-corrected chi connectivity index (χ0v) is 13.7. The fourth-order valence-corrected chi connectivity index (χ4v) is 2.45. The van der Waals surface area contributed by atoms with Gasteiger partial charge in [0.15, 0.2) is 0 Å². The Labute approximate surface area is 136 Å². The number of amides is 1. The second-order valence-corrected chi connectivity index (χ2v) is 6.63. The Morgan fingerprint density at radius 2 is 2.04 bits per heavy atom. The first-order valence-corrected chi connectivity index (χ1v) is 8.03. The lowest BCUT2D eigenvalue weighted by Crippen LogP contribution is -2.38. The van der Waals surface area contributed by atoms with E-state index in [1.807, 2.05) is 0 Å². The molecule has 2 N–H and O–H groups in total. The Bertz CT molecular complexity index is 565. The molecule has 0 saturated heterocycles. The largest absolute Gasteiger partial charge is 0.481 e. The number of pyridine rings is 1. The zero-order chi connectivity index (χ0) is 16.9. The van der Waals surface area contributed by atoms with Crippen LogP contribution in [0.2, 0.25) is 0 Å². The van der Waals surface area contributed by atoms with Crippen LogP contribution in [-0.4, -0.2) is 34.6 Å². The first-order valence-electron chi connectivity index (χ1n) is 8.03. The molecule has 0 aromatic carbocycles. The van der Waals surface area contributed by atoms with E-state index in [1.165, 1.54) is 12.6 Å². The van der Waals surface area contributed by atoms with Gasteiger partial charge in [0.25, 0.3) is 5.91 Å². The van der Waals surface area contributed by atoms with Crippen LogP contribution in [0.5, 0.6) is 5.88 Å². The number of carboxylic acids is 1. The minimum Gasteiger partial charge on any atom is -0.481 e. The van der Waals surface area contributed by atoms with Gasteiger partial charge in [-0.1, -0.05) is 6.42 Å². The molecular formula is C17H24N2O4. The summed E-state index contributed by atoms with van der Waals surface area (Å²) in [5, 5.41) is 11.7. The molecular weight excluding hydrogens is 296 g/mol. The highest BCUT2D eigenvalue weighted by Crippen LogP contribution is 2.22. The number of aromatic nitrogens is 1. The summed E-state index contributed by atoms with van der Waals surface area (Å²) in [4.78, 5) is 27.4. The summed E-state index contributed by atoms with van der Waals surface area (Å²) in [6.45, 7) is 3.20. The van der Waals surface area contributed by atoms with Crippen molar-refractivity contribution in [2.75, 3.05) is 6.54 Å². The normalized spacial score (nSPS) is 15.9. The first kappa shape index (κ1) is 17.2. The Morgan fingerprint density at radius 3 is 2.70 bits per heavy atom. The number of carbonyl (C=O) groups excluding carboxylic acids is 1. The fourth-order valence-electron chi connectivity index (χ4n) is 2.45. The third-order valence-electron chi connectivity index (χ3n) is 4.11. The lowest BCUT2D eigenvalue weighted by Gasteiger charge is -2.22. The van der Waals surface area contributed by atoms with Crippen LogP contribution in [0.1, 0.15) is 56.3 Å². The van der Waals surface area contributed by atoms with E-state index in [1.54, 1.807) is 26.0 Å². The van der Waals surface area contributed by atoms with Gasteiger partial charge in [0.2, 0.25) is 5.88 Å². The predicted octanol–water partition coefficient (Wildman–Crippen LogP) is 2.63. The van der Waals surface area contributed by atoms with E-state index in [0.29, 0.717) is 11.4 Å². The van der Waals surface area contributed by atoms with Gasteiger partial charge < -0.3 is 15.2 Å². The van der Waals surface area contributed by atoms with Crippen molar-refractivity contribution < 1.29 is 19.4 Å². The van der Waals surface area contributed by atoms with Gasteiger partial charge in [-0.3, -0.25) is 9.59 Å². The van der Waals surface area contributed by atoms with Crippen LogP contribution in [0.4, 0.5) is 0 Å². The van der Waals surface area contributed by atoms with Crippen molar-refractivity contribution in [3.8, 4) is 5.88 Å². The Kier molecular flexibility index (Phi) is 5.58. The number of hydrogen-bond donors (Lipinski definition) is 2. The number of carbonyl (C=O) groups is 2. The molecule has 23 heavy (non-hydrogen) atoms. The van der Waals surface area contributed by atoms with Gasteiger partial charge in [-0.2, -0.15) is 0 Å². The average molecular weight is 320 g/mol. The molecule has 1 aromatic heterocycles. The van der Waals surface area contributed by atoms with E-state index in [4.69, 9.17) is 9.84 Å². The van der Waals surface area contributed by atoms with Crippen molar-refractivity contribution in [2.24, 2.45) is 5.41 Å². The van der Waals surface area contributed by atoms with Crippen molar-refractivity contribution in [3.05, 3.63) is 23.9 Å². The number of carboxylic acid groups (broad SMARTS) is 1. The maximum atomic E-state index is 12.2. The van der Waals surface area contributed by atoms with Crippen molar-refractivity contribution in [2.45, 2.75) is 52.1 Å². The van der Waals surface area contributed by atoms with E-state index < -0.39 is 11.4 Å². The Morgan fingerprint density at radius 1 is 1.35 bits per heavy atom. The molecule has 6 nitrogen and oxygen atoms in total. The van der Waals surface area contributed by atoms with E-state index in [0.717, 1.165) is 25.7 Å². The molecule has 1 amide bonds. The smallest absolute Gasteiger partial charge is 0.310 e. The van der Waals surface area contributed by atoms with Crippen LogP contribution in [0.15, 0.2) is 18.3 Å². The Balaban J connectivity index is 1.95. The third kappa shape index (κ3) is 4.94. The van der Waals surface area contributed by atoms with Crippen LogP contribution in [0.25, 0.3) is 0 Å². The molecule has 1 aliphatic carbocycles. The fraction of sp³-hybridized carbons (Fsp3) is 0.588. The molecule has 1 aliphatic rings. The van der Waals surface area contributed by atoms with Gasteiger partial charge in [0.1, 0.15) is 6.10 Å². The molecule has 1 aromatic rings. The number of hydrogen-bond acceptors (Lipinski definition) is 4. The number of rotatable bonds is 6. The van der Waals surface area contributed by atoms with Crippen LogP contribution >= 0.6 is 0 Å². The maximum absolute atomic E-state index is 12.2. The Hall–Kier alpha value is -2.11. The SMILES string of the molecule is CC(C)(CNC(=O)c1ccnc(OC2CCCCC2)c1)C(=O)O. The summed E-state index contributed by atoms with van der Waals surface area (Å²) in [5.41, 5.74) is -0.587. The molecule has 0 bridgehead atoms. The lowest BCUT2D eigenvalue weighted by atomic mass is 9.94. The average Bonchev–Trinajstić information content (AvgIpc) is 2.54. The van der Waals surface area contributed by atoms with Crippen LogP contribution < -0.4 is 10.1 Å². The monoisotopic (exact) mass is 320 g/mol. The highest BCUT2D eigenvalue weighted by Gasteiger charge is 2.27. The predicted molar refractivity (Wildman–Crippen MR) is 85.5 cm³/mol. The van der Waals surface area contributed by atoms with Crippen molar-refractivity contribution in [3.63, 3.8) is 0 Å². The van der Waals surface area contributed by atoms with Crippen molar-refractivity contribution >= 4 is 11.9 Å². The van der Waals surface area contributed by atoms with Crippen LogP contribution in [-0.2, 0) is 4.79 Å². The first-order chi connectivity index (χ1) is 10.9. The molecule has 126 valence electrons. The van der Waals surface area contributed by atoms with Crippen molar-refractivity contribution in [1.82, 2.24) is 10.3 Å². The maximum Gasteiger partial charge on any atom is 0.310 e. The molecule has 6 heteroatoms. The summed E-state index contributed by atoms with van der Waals surface area (Å²) >= 11 is 0. The second-order valence-electron chi connectivity index (χ2n) is 6.63. The topological polar surface area (TPSA) is 88.5 Å². The highest BCUT2D eigenvalue weighted by atomic mass is 16.5. The molecule has 0 spiro atoms. The molecule has 1 saturated carbocycles. The van der Waals surface area contributed by atoms with E-state index in [2.05, 4.69) is 10.3 Å². The van der Waals surface area contributed by atoms with E-state index in [9.17, 15) is 9.59 Å². The summed E-state index contributed by atoms with van der Waals surface area (Å²) in [5.74, 6) is -0.828. The number of nitrogens with zero attached hydrogens (tertiary/aromatic N) is 1. The van der Waals surface area contributed by atoms with Gasteiger partial charge in [-0.25, -0.2) is 4.98 Å². The minimum atomic E-state index is -1.01. The van der Waals surface area contributed by atoms with Gasteiger partial charge in [0, 0.05) is 24.4 Å². The molecule has 0 aliphatic heterocycles. The van der Waals surface area contributed by atoms with Crippen LogP contribution in [0.3, 0.4) is 0 Å².